The van der Waals surface area contributed by atoms with E-state index in [0.29, 0.717) is 18.4 Å². The van der Waals surface area contributed by atoms with Gasteiger partial charge in [-0.05, 0) is 31.0 Å². The first kappa shape index (κ1) is 12.6. The Hall–Kier alpha value is -1.49. The highest BCUT2D eigenvalue weighted by Crippen LogP contribution is 2.17. The number of carboxylic acids is 1. The van der Waals surface area contributed by atoms with Crippen LogP contribution in [0.1, 0.15) is 30.9 Å². The van der Waals surface area contributed by atoms with Crippen LogP contribution in [0.4, 0.5) is 8.78 Å². The summed E-state index contributed by atoms with van der Waals surface area (Å²) in [5.41, 5.74) is 4.34. The van der Waals surface area contributed by atoms with E-state index in [1.165, 1.54) is 6.07 Å². The molecule has 0 aliphatic heterocycles. The zero-order chi connectivity index (χ0) is 12.1. The molecule has 0 aliphatic carbocycles. The number of carbonyl (C=O) groups is 1. The quantitative estimate of drug-likeness (QED) is 0.781. The maximum Gasteiger partial charge on any atom is 0.159 e. The van der Waals surface area contributed by atoms with Crippen molar-refractivity contribution < 1.29 is 24.4 Å². The van der Waals surface area contributed by atoms with Gasteiger partial charge in [0.05, 0.1) is 0 Å². The summed E-state index contributed by atoms with van der Waals surface area (Å²) < 4.78 is 25.5. The number of aliphatic carboxylic acids is 1. The van der Waals surface area contributed by atoms with Crippen molar-refractivity contribution in [3.63, 3.8) is 0 Å². The number of carbonyl (C=O) groups excluding carboxylic acids is 1. The molecule has 0 radical (unpaired) electrons. The van der Waals surface area contributed by atoms with E-state index in [-0.39, 0.29) is 12.5 Å². The highest BCUT2D eigenvalue weighted by Gasteiger charge is 2.12. The van der Waals surface area contributed by atoms with Gasteiger partial charge < -0.3 is 15.6 Å². The maximum absolute atomic E-state index is 12.9. The van der Waals surface area contributed by atoms with Crippen molar-refractivity contribution in [2.24, 2.45) is 0 Å². The first-order chi connectivity index (χ1) is 7.50. The molecule has 0 unspecified atom stereocenters. The molecule has 1 aromatic rings. The van der Waals surface area contributed by atoms with Crippen molar-refractivity contribution in [1.82, 2.24) is 0 Å². The van der Waals surface area contributed by atoms with Gasteiger partial charge in [-0.1, -0.05) is 0 Å². The summed E-state index contributed by atoms with van der Waals surface area (Å²) in [4.78, 5) is 10.2. The Morgan fingerprint density at radius 1 is 1.38 bits per heavy atom. The number of carboxylic acid groups (broad SMARTS) is 1. The average Bonchev–Trinajstić information content (AvgIpc) is 2.21. The standard InChI is InChI=1S/C11H13F2NO2/c12-8-5-4-7(6-9(8)13)10(14)2-1-3-11(15)16/h4-6,10H,1-3,14H2,(H,15,16)/t10-/m1/s1. The number of benzene rings is 1. The highest BCUT2D eigenvalue weighted by molar-refractivity contribution is 5.64. The van der Waals surface area contributed by atoms with Crippen LogP contribution in [0.25, 0.3) is 0 Å². The molecular weight excluding hydrogens is 216 g/mol. The molecule has 0 saturated carbocycles. The Morgan fingerprint density at radius 3 is 2.62 bits per heavy atom. The van der Waals surface area contributed by atoms with E-state index in [4.69, 9.17) is 0 Å². The van der Waals surface area contributed by atoms with E-state index in [9.17, 15) is 18.7 Å². The molecule has 0 amide bonds. The molecule has 0 heterocycles. The largest absolute Gasteiger partial charge is 0.550 e. The van der Waals surface area contributed by atoms with E-state index in [2.05, 4.69) is 5.73 Å². The van der Waals surface area contributed by atoms with Crippen molar-refractivity contribution in [2.45, 2.75) is 25.3 Å². The summed E-state index contributed by atoms with van der Waals surface area (Å²) in [5, 5.41) is 10.2. The summed E-state index contributed by atoms with van der Waals surface area (Å²) in [5.74, 6) is -2.92. The van der Waals surface area contributed by atoms with Gasteiger partial charge in [0.2, 0.25) is 0 Å². The van der Waals surface area contributed by atoms with Crippen LogP contribution in [0.15, 0.2) is 18.2 Å². The minimum atomic E-state index is -1.11. The van der Waals surface area contributed by atoms with Gasteiger partial charge in [-0.15, -0.1) is 0 Å². The minimum Gasteiger partial charge on any atom is -0.550 e. The van der Waals surface area contributed by atoms with Crippen LogP contribution in [0.5, 0.6) is 0 Å². The van der Waals surface area contributed by atoms with Crippen LogP contribution in [0.2, 0.25) is 0 Å². The van der Waals surface area contributed by atoms with Crippen LogP contribution in [-0.4, -0.2) is 5.97 Å². The molecule has 16 heavy (non-hydrogen) atoms. The number of halogens is 2. The van der Waals surface area contributed by atoms with E-state index >= 15 is 0 Å². The van der Waals surface area contributed by atoms with Crippen LogP contribution in [0.3, 0.4) is 0 Å². The van der Waals surface area contributed by atoms with E-state index < -0.39 is 17.6 Å². The number of rotatable bonds is 5. The summed E-state index contributed by atoms with van der Waals surface area (Å²) in [7, 11) is 0. The second kappa shape index (κ2) is 5.55. The van der Waals surface area contributed by atoms with Crippen molar-refractivity contribution in [1.29, 1.82) is 0 Å². The lowest BCUT2D eigenvalue weighted by Gasteiger charge is -2.09. The predicted octanol–water partition coefficient (Wildman–Crippen LogP) is 0.168. The fraction of sp³-hybridized carbons (Fsp3) is 0.364. The van der Waals surface area contributed by atoms with Crippen LogP contribution in [-0.2, 0) is 4.79 Å². The lowest BCUT2D eigenvalue weighted by atomic mass is 10.0. The molecule has 1 aromatic carbocycles. The van der Waals surface area contributed by atoms with Gasteiger partial charge in [-0.3, -0.25) is 0 Å². The third-order valence-corrected chi connectivity index (χ3v) is 2.35. The number of hydrogen-bond donors (Lipinski definition) is 1. The molecule has 1 rings (SSSR count). The van der Waals surface area contributed by atoms with Gasteiger partial charge in [-0.2, -0.15) is 0 Å². The molecule has 0 spiro atoms. The fourth-order valence-corrected chi connectivity index (χ4v) is 1.43. The average molecular weight is 229 g/mol. The summed E-state index contributed by atoms with van der Waals surface area (Å²) in [6.45, 7) is 0. The van der Waals surface area contributed by atoms with Gasteiger partial charge in [0.25, 0.3) is 0 Å². The molecule has 3 N–H and O–H groups in total. The molecule has 1 atom stereocenters. The smallest absolute Gasteiger partial charge is 0.159 e. The first-order valence-corrected chi connectivity index (χ1v) is 4.98. The third-order valence-electron chi connectivity index (χ3n) is 2.35. The summed E-state index contributed by atoms with van der Waals surface area (Å²) in [6.07, 6.45) is 0.865. The molecule has 0 fully saturated rings. The second-order valence-electron chi connectivity index (χ2n) is 3.63. The Morgan fingerprint density at radius 2 is 2.06 bits per heavy atom. The summed E-state index contributed by atoms with van der Waals surface area (Å²) >= 11 is 0. The fourth-order valence-electron chi connectivity index (χ4n) is 1.43. The molecule has 0 bridgehead atoms. The Kier molecular flexibility index (Phi) is 4.37. The van der Waals surface area contributed by atoms with Crippen LogP contribution >= 0.6 is 0 Å². The van der Waals surface area contributed by atoms with Gasteiger partial charge in [0.1, 0.15) is 6.04 Å². The zero-order valence-corrected chi connectivity index (χ0v) is 8.71. The molecule has 0 aromatic heterocycles. The predicted molar refractivity (Wildman–Crippen MR) is 50.8 cm³/mol. The molecule has 5 heteroatoms. The number of hydrogen-bond acceptors (Lipinski definition) is 2. The SMILES string of the molecule is [NH3+][C@H](CCCC(=O)[O-])c1ccc(F)c(F)c1. The lowest BCUT2D eigenvalue weighted by Crippen LogP contribution is -2.53. The molecule has 3 nitrogen and oxygen atoms in total. The Balaban J connectivity index is 2.55. The minimum absolute atomic E-state index is 0.0459. The molecule has 0 saturated heterocycles. The molecular formula is C11H13F2NO2. The van der Waals surface area contributed by atoms with Gasteiger partial charge >= 0.3 is 0 Å². The normalized spacial score (nSPS) is 12.4. The van der Waals surface area contributed by atoms with Gasteiger partial charge in [0, 0.05) is 18.0 Å². The highest BCUT2D eigenvalue weighted by atomic mass is 19.2. The van der Waals surface area contributed by atoms with E-state index in [1.807, 2.05) is 0 Å². The number of quaternary nitrogens is 1. The van der Waals surface area contributed by atoms with E-state index in [0.717, 1.165) is 12.1 Å². The van der Waals surface area contributed by atoms with Crippen LogP contribution in [0, 0.1) is 11.6 Å². The van der Waals surface area contributed by atoms with Crippen LogP contribution < -0.4 is 10.8 Å². The Bertz CT molecular complexity index is 382. The molecule has 0 aliphatic rings. The monoisotopic (exact) mass is 229 g/mol. The molecule has 88 valence electrons. The zero-order valence-electron chi connectivity index (χ0n) is 8.71. The first-order valence-electron chi connectivity index (χ1n) is 4.98. The maximum atomic E-state index is 12.9. The third kappa shape index (κ3) is 3.58. The second-order valence-corrected chi connectivity index (χ2v) is 3.63. The van der Waals surface area contributed by atoms with Gasteiger partial charge in [-0.25, -0.2) is 8.78 Å². The van der Waals surface area contributed by atoms with Gasteiger partial charge in [0.15, 0.2) is 11.6 Å². The lowest BCUT2D eigenvalue weighted by molar-refractivity contribution is -0.428. The van der Waals surface area contributed by atoms with Crippen molar-refractivity contribution in [3.05, 3.63) is 35.4 Å². The Labute approximate surface area is 91.9 Å². The van der Waals surface area contributed by atoms with Crippen molar-refractivity contribution in [2.75, 3.05) is 0 Å². The van der Waals surface area contributed by atoms with Crippen molar-refractivity contribution in [3.8, 4) is 0 Å². The van der Waals surface area contributed by atoms with E-state index in [1.54, 1.807) is 0 Å². The summed E-state index contributed by atoms with van der Waals surface area (Å²) in [6, 6.07) is 3.34. The topological polar surface area (TPSA) is 67.8 Å². The van der Waals surface area contributed by atoms with Crippen molar-refractivity contribution >= 4 is 5.97 Å².